The number of quaternary nitrogens is 1. The summed E-state index contributed by atoms with van der Waals surface area (Å²) in [5.41, 5.74) is 2.63. The molecule has 0 bridgehead atoms. The number of aliphatic hydroxyl groups excluding tert-OH is 1. The number of nitrogens with zero attached hydrogens (tertiary/aromatic N) is 1. The number of methoxy groups -OCH3 is 2. The van der Waals surface area contributed by atoms with Crippen LogP contribution in [0.2, 0.25) is 0 Å². The van der Waals surface area contributed by atoms with E-state index in [0.29, 0.717) is 6.04 Å². The SMILES string of the molecule is COc1cc2c(cc1OC)[C@@H](C)[N+](C)(C[C@@H](C)O)CC2. The van der Waals surface area contributed by atoms with Gasteiger partial charge >= 0.3 is 0 Å². The van der Waals surface area contributed by atoms with Gasteiger partial charge in [0.1, 0.15) is 18.7 Å². The van der Waals surface area contributed by atoms with E-state index < -0.39 is 0 Å². The molecule has 0 saturated heterocycles. The predicted octanol–water partition coefficient (Wildman–Crippen LogP) is 2.15. The molecule has 112 valence electrons. The first-order valence-corrected chi connectivity index (χ1v) is 7.18. The lowest BCUT2D eigenvalue weighted by atomic mass is 9.90. The Kier molecular flexibility index (Phi) is 4.25. The second-order valence-electron chi connectivity index (χ2n) is 6.07. The average molecular weight is 280 g/mol. The number of fused-ring (bicyclic) bond motifs is 1. The minimum Gasteiger partial charge on any atom is -0.493 e. The molecular weight excluding hydrogens is 254 g/mol. The van der Waals surface area contributed by atoms with Crippen LogP contribution in [-0.4, -0.2) is 50.1 Å². The number of likely N-dealkylation sites (N-methyl/N-ethyl adjacent to an activating group) is 1. The molecular formula is C16H26NO3+. The van der Waals surface area contributed by atoms with Gasteiger partial charge in [0, 0.05) is 12.0 Å². The van der Waals surface area contributed by atoms with Crippen molar-refractivity contribution < 1.29 is 19.1 Å². The summed E-state index contributed by atoms with van der Waals surface area (Å²) in [4.78, 5) is 0. The lowest BCUT2D eigenvalue weighted by molar-refractivity contribution is -0.942. The fraction of sp³-hybridized carbons (Fsp3) is 0.625. The van der Waals surface area contributed by atoms with E-state index in [0.717, 1.165) is 35.5 Å². The van der Waals surface area contributed by atoms with Crippen molar-refractivity contribution in [3.8, 4) is 11.5 Å². The van der Waals surface area contributed by atoms with E-state index in [1.165, 1.54) is 11.1 Å². The summed E-state index contributed by atoms with van der Waals surface area (Å²) in [6.07, 6.45) is 0.715. The van der Waals surface area contributed by atoms with Crippen molar-refractivity contribution in [3.63, 3.8) is 0 Å². The molecule has 4 nitrogen and oxygen atoms in total. The molecule has 0 aliphatic carbocycles. The van der Waals surface area contributed by atoms with Gasteiger partial charge < -0.3 is 19.1 Å². The molecule has 0 spiro atoms. The van der Waals surface area contributed by atoms with Crippen molar-refractivity contribution >= 4 is 0 Å². The molecule has 1 N–H and O–H groups in total. The highest BCUT2D eigenvalue weighted by atomic mass is 16.5. The third kappa shape index (κ3) is 2.63. The number of hydrogen-bond donors (Lipinski definition) is 1. The van der Waals surface area contributed by atoms with E-state index >= 15 is 0 Å². The molecule has 1 heterocycles. The zero-order valence-electron chi connectivity index (χ0n) is 13.1. The standard InChI is InChI=1S/C16H26NO3/c1-11(18)10-17(3)7-6-13-8-15(19-4)16(20-5)9-14(13)12(17)2/h8-9,11-12,18H,6-7,10H2,1-5H3/q+1/t11-,12-,17?/m1/s1. The molecule has 1 unspecified atom stereocenters. The number of hydrogen-bond acceptors (Lipinski definition) is 3. The number of benzene rings is 1. The second-order valence-corrected chi connectivity index (χ2v) is 6.07. The van der Waals surface area contributed by atoms with E-state index in [2.05, 4.69) is 26.1 Å². The largest absolute Gasteiger partial charge is 0.493 e. The van der Waals surface area contributed by atoms with E-state index in [-0.39, 0.29) is 6.10 Å². The fourth-order valence-corrected chi connectivity index (χ4v) is 3.30. The molecule has 2 rings (SSSR count). The first-order valence-electron chi connectivity index (χ1n) is 7.18. The Morgan fingerprint density at radius 2 is 1.90 bits per heavy atom. The molecule has 0 saturated carbocycles. The first-order chi connectivity index (χ1) is 9.41. The van der Waals surface area contributed by atoms with E-state index in [4.69, 9.17) is 9.47 Å². The van der Waals surface area contributed by atoms with Crippen LogP contribution >= 0.6 is 0 Å². The van der Waals surface area contributed by atoms with E-state index in [1.54, 1.807) is 14.2 Å². The van der Waals surface area contributed by atoms with Crippen LogP contribution in [0.4, 0.5) is 0 Å². The molecule has 1 aliphatic rings. The van der Waals surface area contributed by atoms with E-state index in [1.807, 2.05) is 6.92 Å². The molecule has 1 aliphatic heterocycles. The molecule has 0 fully saturated rings. The molecule has 1 aromatic carbocycles. The topological polar surface area (TPSA) is 38.7 Å². The zero-order valence-corrected chi connectivity index (χ0v) is 13.1. The summed E-state index contributed by atoms with van der Waals surface area (Å²) < 4.78 is 11.7. The summed E-state index contributed by atoms with van der Waals surface area (Å²) in [5.74, 6) is 1.58. The summed E-state index contributed by atoms with van der Waals surface area (Å²) in [6.45, 7) is 5.90. The predicted molar refractivity (Wildman–Crippen MR) is 79.3 cm³/mol. The molecule has 0 radical (unpaired) electrons. The van der Waals surface area contributed by atoms with Crippen molar-refractivity contribution in [2.45, 2.75) is 32.4 Å². The van der Waals surface area contributed by atoms with Gasteiger partial charge in [-0.15, -0.1) is 0 Å². The van der Waals surface area contributed by atoms with Crippen molar-refractivity contribution in [1.29, 1.82) is 0 Å². The molecule has 4 heteroatoms. The van der Waals surface area contributed by atoms with Crippen LogP contribution in [0.5, 0.6) is 11.5 Å². The van der Waals surface area contributed by atoms with Crippen molar-refractivity contribution in [2.24, 2.45) is 0 Å². The van der Waals surface area contributed by atoms with Gasteiger partial charge in [-0.05, 0) is 31.5 Å². The van der Waals surface area contributed by atoms with Crippen LogP contribution in [0.25, 0.3) is 0 Å². The fourth-order valence-electron chi connectivity index (χ4n) is 3.30. The number of rotatable bonds is 4. The van der Waals surface area contributed by atoms with Gasteiger partial charge in [-0.3, -0.25) is 0 Å². The quantitative estimate of drug-likeness (QED) is 0.859. The Morgan fingerprint density at radius 3 is 2.45 bits per heavy atom. The van der Waals surface area contributed by atoms with Crippen LogP contribution in [0, 0.1) is 0 Å². The molecule has 20 heavy (non-hydrogen) atoms. The van der Waals surface area contributed by atoms with Crippen LogP contribution < -0.4 is 9.47 Å². The number of ether oxygens (including phenoxy) is 2. The Hall–Kier alpha value is -1.26. The molecule has 0 amide bonds. The van der Waals surface area contributed by atoms with Gasteiger partial charge in [0.25, 0.3) is 0 Å². The van der Waals surface area contributed by atoms with Gasteiger partial charge in [0.05, 0.1) is 27.8 Å². The monoisotopic (exact) mass is 280 g/mol. The normalized spacial score (nSPS) is 26.8. The zero-order chi connectivity index (χ0) is 14.9. The average Bonchev–Trinajstić information content (AvgIpc) is 2.41. The molecule has 3 atom stereocenters. The Bertz CT molecular complexity index is 487. The summed E-state index contributed by atoms with van der Waals surface area (Å²) >= 11 is 0. The molecule has 0 aromatic heterocycles. The van der Waals surface area contributed by atoms with Crippen LogP contribution in [0.3, 0.4) is 0 Å². The third-order valence-corrected chi connectivity index (χ3v) is 4.60. The Morgan fingerprint density at radius 1 is 1.30 bits per heavy atom. The Labute approximate surface area is 121 Å². The lowest BCUT2D eigenvalue weighted by Crippen LogP contribution is -2.53. The van der Waals surface area contributed by atoms with Gasteiger partial charge in [0.15, 0.2) is 11.5 Å². The smallest absolute Gasteiger partial charge is 0.161 e. The summed E-state index contributed by atoms with van der Waals surface area (Å²) in [5, 5.41) is 9.76. The maximum atomic E-state index is 9.76. The minimum absolute atomic E-state index is 0.288. The second kappa shape index (κ2) is 5.62. The molecule has 1 aromatic rings. The highest BCUT2D eigenvalue weighted by molar-refractivity contribution is 5.48. The van der Waals surface area contributed by atoms with Crippen molar-refractivity contribution in [3.05, 3.63) is 23.3 Å². The van der Waals surface area contributed by atoms with Crippen LogP contribution in [0.1, 0.15) is 31.0 Å². The Balaban J connectivity index is 2.41. The third-order valence-electron chi connectivity index (χ3n) is 4.60. The van der Waals surface area contributed by atoms with Gasteiger partial charge in [-0.2, -0.15) is 0 Å². The van der Waals surface area contributed by atoms with Gasteiger partial charge in [0.2, 0.25) is 0 Å². The maximum absolute atomic E-state index is 9.76. The van der Waals surface area contributed by atoms with Gasteiger partial charge in [-0.1, -0.05) is 0 Å². The summed E-state index contributed by atoms with van der Waals surface area (Å²) in [7, 11) is 5.56. The van der Waals surface area contributed by atoms with Crippen LogP contribution in [0.15, 0.2) is 12.1 Å². The maximum Gasteiger partial charge on any atom is 0.161 e. The highest BCUT2D eigenvalue weighted by Gasteiger charge is 2.37. The van der Waals surface area contributed by atoms with Gasteiger partial charge in [-0.25, -0.2) is 0 Å². The summed E-state index contributed by atoms with van der Waals surface area (Å²) in [6, 6.07) is 4.53. The first kappa shape index (κ1) is 15.1. The minimum atomic E-state index is -0.288. The van der Waals surface area contributed by atoms with E-state index in [9.17, 15) is 5.11 Å². The van der Waals surface area contributed by atoms with Crippen molar-refractivity contribution in [1.82, 2.24) is 0 Å². The van der Waals surface area contributed by atoms with Crippen LogP contribution in [-0.2, 0) is 6.42 Å². The highest BCUT2D eigenvalue weighted by Crippen LogP contribution is 2.40. The number of aliphatic hydroxyl groups is 1. The lowest BCUT2D eigenvalue weighted by Gasteiger charge is -2.45. The van der Waals surface area contributed by atoms with Crippen molar-refractivity contribution in [2.75, 3.05) is 34.4 Å².